The number of nitrogens with zero attached hydrogens (tertiary/aromatic N) is 1. The Bertz CT molecular complexity index is 679. The highest BCUT2D eigenvalue weighted by molar-refractivity contribution is 6.10. The number of carbonyl (C=O) groups is 1. The molecular weight excluding hydrogens is 260 g/mol. The minimum Gasteiger partial charge on any atom is -0.387 e. The maximum absolute atomic E-state index is 12.9. The molecule has 1 heterocycles. The van der Waals surface area contributed by atoms with Gasteiger partial charge in [0.15, 0.2) is 0 Å². The molecule has 0 atom stereocenters. The smallest absolute Gasteiger partial charge is 0.260 e. The zero-order chi connectivity index (χ0) is 14.8. The van der Waals surface area contributed by atoms with Crippen molar-refractivity contribution >= 4 is 17.3 Å². The molecule has 0 radical (unpaired) electrons. The fourth-order valence-electron chi connectivity index (χ4n) is 2.97. The van der Waals surface area contributed by atoms with Gasteiger partial charge in [0.2, 0.25) is 0 Å². The van der Waals surface area contributed by atoms with Gasteiger partial charge in [-0.3, -0.25) is 4.79 Å². The van der Waals surface area contributed by atoms with Crippen LogP contribution in [0, 0.1) is 6.92 Å². The van der Waals surface area contributed by atoms with Crippen LogP contribution in [0.4, 0.5) is 11.4 Å². The van der Waals surface area contributed by atoms with Crippen molar-refractivity contribution in [2.24, 2.45) is 0 Å². The van der Waals surface area contributed by atoms with Gasteiger partial charge in [-0.05, 0) is 43.5 Å². The number of benzene rings is 2. The summed E-state index contributed by atoms with van der Waals surface area (Å²) in [7, 11) is 1.85. The Morgan fingerprint density at radius 2 is 2.00 bits per heavy atom. The minimum atomic E-state index is 0.0738. The van der Waals surface area contributed by atoms with E-state index in [2.05, 4.69) is 30.4 Å². The van der Waals surface area contributed by atoms with Crippen LogP contribution in [-0.4, -0.2) is 19.5 Å². The van der Waals surface area contributed by atoms with Crippen LogP contribution in [0.5, 0.6) is 0 Å². The Kier molecular flexibility index (Phi) is 3.65. The third-order valence-electron chi connectivity index (χ3n) is 4.03. The fraction of sp³-hybridized carbons (Fsp3) is 0.278. The first-order valence-electron chi connectivity index (χ1n) is 7.39. The Balaban J connectivity index is 2.00. The second kappa shape index (κ2) is 5.60. The summed E-state index contributed by atoms with van der Waals surface area (Å²) in [5, 5.41) is 3.10. The number of carbonyl (C=O) groups excluding carboxylic acids is 1. The number of rotatable bonds is 2. The summed E-state index contributed by atoms with van der Waals surface area (Å²) in [6, 6.07) is 14.0. The van der Waals surface area contributed by atoms with Gasteiger partial charge in [-0.2, -0.15) is 0 Å². The van der Waals surface area contributed by atoms with Crippen LogP contribution >= 0.6 is 0 Å². The zero-order valence-electron chi connectivity index (χ0n) is 12.5. The molecule has 0 aliphatic carbocycles. The van der Waals surface area contributed by atoms with Crippen molar-refractivity contribution in [3.63, 3.8) is 0 Å². The van der Waals surface area contributed by atoms with Crippen molar-refractivity contribution < 1.29 is 4.79 Å². The molecule has 3 nitrogen and oxygen atoms in total. The number of hydrogen-bond acceptors (Lipinski definition) is 2. The second-order valence-corrected chi connectivity index (χ2v) is 5.49. The maximum atomic E-state index is 12.9. The first-order valence-corrected chi connectivity index (χ1v) is 7.39. The molecule has 0 spiro atoms. The summed E-state index contributed by atoms with van der Waals surface area (Å²) in [6.45, 7) is 2.88. The molecule has 1 N–H and O–H groups in total. The Morgan fingerprint density at radius 1 is 1.19 bits per heavy atom. The van der Waals surface area contributed by atoms with E-state index in [1.807, 2.05) is 36.2 Å². The van der Waals surface area contributed by atoms with E-state index in [9.17, 15) is 4.79 Å². The van der Waals surface area contributed by atoms with Crippen molar-refractivity contribution in [3.05, 3.63) is 59.2 Å². The topological polar surface area (TPSA) is 32.3 Å². The highest BCUT2D eigenvalue weighted by atomic mass is 16.2. The number of nitrogens with one attached hydrogen (secondary N) is 1. The summed E-state index contributed by atoms with van der Waals surface area (Å²) < 4.78 is 0. The second-order valence-electron chi connectivity index (χ2n) is 5.49. The summed E-state index contributed by atoms with van der Waals surface area (Å²) in [4.78, 5) is 14.8. The van der Waals surface area contributed by atoms with Crippen molar-refractivity contribution in [2.75, 3.05) is 23.8 Å². The van der Waals surface area contributed by atoms with E-state index in [-0.39, 0.29) is 5.91 Å². The lowest BCUT2D eigenvalue weighted by Crippen LogP contribution is -2.35. The normalized spacial score (nSPS) is 13.7. The van der Waals surface area contributed by atoms with Gasteiger partial charge in [-0.1, -0.05) is 29.8 Å². The van der Waals surface area contributed by atoms with Crippen LogP contribution in [0.1, 0.15) is 27.9 Å². The highest BCUT2D eigenvalue weighted by Crippen LogP contribution is 2.30. The van der Waals surface area contributed by atoms with Gasteiger partial charge < -0.3 is 10.2 Å². The van der Waals surface area contributed by atoms with E-state index in [0.29, 0.717) is 0 Å². The predicted molar refractivity (Wildman–Crippen MR) is 87.2 cm³/mol. The Morgan fingerprint density at radius 3 is 2.81 bits per heavy atom. The van der Waals surface area contributed by atoms with E-state index in [1.54, 1.807) is 0 Å². The minimum absolute atomic E-state index is 0.0738. The first-order chi connectivity index (χ1) is 10.2. The molecule has 3 heteroatoms. The van der Waals surface area contributed by atoms with E-state index < -0.39 is 0 Å². The molecule has 2 aromatic rings. The molecule has 0 fully saturated rings. The van der Waals surface area contributed by atoms with Crippen LogP contribution in [0.25, 0.3) is 0 Å². The molecule has 1 aliphatic rings. The molecule has 108 valence electrons. The lowest BCUT2D eigenvalue weighted by Gasteiger charge is -2.30. The molecule has 1 aliphatic heterocycles. The zero-order valence-corrected chi connectivity index (χ0v) is 12.5. The number of hydrogen-bond donors (Lipinski definition) is 1. The third-order valence-corrected chi connectivity index (χ3v) is 4.03. The van der Waals surface area contributed by atoms with Crippen LogP contribution in [0.15, 0.2) is 42.5 Å². The largest absolute Gasteiger partial charge is 0.387 e. The van der Waals surface area contributed by atoms with Gasteiger partial charge in [0.05, 0.1) is 5.56 Å². The summed E-state index contributed by atoms with van der Waals surface area (Å²) in [5.41, 5.74) is 5.19. The van der Waals surface area contributed by atoms with Gasteiger partial charge in [0.1, 0.15) is 0 Å². The predicted octanol–water partition coefficient (Wildman–Crippen LogP) is 3.63. The molecule has 0 saturated heterocycles. The van der Waals surface area contributed by atoms with E-state index >= 15 is 0 Å². The maximum Gasteiger partial charge on any atom is 0.260 e. The number of para-hydroxylation sites is 1. The van der Waals surface area contributed by atoms with Gasteiger partial charge in [0, 0.05) is 25.0 Å². The van der Waals surface area contributed by atoms with Gasteiger partial charge in [-0.15, -0.1) is 0 Å². The van der Waals surface area contributed by atoms with Gasteiger partial charge >= 0.3 is 0 Å². The fourth-order valence-corrected chi connectivity index (χ4v) is 2.97. The van der Waals surface area contributed by atoms with Crippen LogP contribution in [0.2, 0.25) is 0 Å². The molecule has 3 rings (SSSR count). The molecule has 0 saturated carbocycles. The molecular formula is C18H20N2O. The standard InChI is InChI=1S/C18H20N2O/c1-13-9-10-17-14(12-13)6-5-11-20(17)18(21)15-7-3-4-8-16(15)19-2/h3-4,7-10,12,19H,5-6,11H2,1-2H3. The quantitative estimate of drug-likeness (QED) is 0.911. The highest BCUT2D eigenvalue weighted by Gasteiger charge is 2.24. The Hall–Kier alpha value is -2.29. The van der Waals surface area contributed by atoms with Crippen LogP contribution < -0.4 is 10.2 Å². The monoisotopic (exact) mass is 280 g/mol. The lowest BCUT2D eigenvalue weighted by molar-refractivity contribution is 0.0986. The number of amides is 1. The number of anilines is 2. The number of fused-ring (bicyclic) bond motifs is 1. The molecule has 21 heavy (non-hydrogen) atoms. The third kappa shape index (κ3) is 2.51. The lowest BCUT2D eigenvalue weighted by atomic mass is 9.98. The number of aryl methyl sites for hydroxylation is 2. The summed E-state index contributed by atoms with van der Waals surface area (Å²) in [5.74, 6) is 0.0738. The average molecular weight is 280 g/mol. The average Bonchev–Trinajstić information content (AvgIpc) is 2.53. The molecule has 1 amide bonds. The van der Waals surface area contributed by atoms with Crippen molar-refractivity contribution in [3.8, 4) is 0 Å². The molecule has 0 bridgehead atoms. The van der Waals surface area contributed by atoms with Gasteiger partial charge in [0.25, 0.3) is 5.91 Å². The van der Waals surface area contributed by atoms with Crippen LogP contribution in [0.3, 0.4) is 0 Å². The summed E-state index contributed by atoms with van der Waals surface area (Å²) >= 11 is 0. The van der Waals surface area contributed by atoms with E-state index in [0.717, 1.165) is 36.3 Å². The SMILES string of the molecule is CNc1ccccc1C(=O)N1CCCc2cc(C)ccc21. The van der Waals surface area contributed by atoms with E-state index in [4.69, 9.17) is 0 Å². The van der Waals surface area contributed by atoms with Crippen molar-refractivity contribution in [2.45, 2.75) is 19.8 Å². The summed E-state index contributed by atoms with van der Waals surface area (Å²) in [6.07, 6.45) is 2.07. The van der Waals surface area contributed by atoms with Crippen molar-refractivity contribution in [1.82, 2.24) is 0 Å². The van der Waals surface area contributed by atoms with Crippen LogP contribution in [-0.2, 0) is 6.42 Å². The van der Waals surface area contributed by atoms with Gasteiger partial charge in [-0.25, -0.2) is 0 Å². The molecule has 0 aromatic heterocycles. The molecule has 2 aromatic carbocycles. The van der Waals surface area contributed by atoms with E-state index in [1.165, 1.54) is 11.1 Å². The van der Waals surface area contributed by atoms with Crippen molar-refractivity contribution in [1.29, 1.82) is 0 Å². The first kappa shape index (κ1) is 13.7. The molecule has 0 unspecified atom stereocenters. The Labute approximate surface area is 125 Å².